The molecule has 0 aliphatic rings. The number of benzene rings is 1. The molecule has 0 spiro atoms. The van der Waals surface area contributed by atoms with E-state index in [2.05, 4.69) is 15.4 Å². The molecule has 1 aromatic heterocycles. The van der Waals surface area contributed by atoms with E-state index in [1.54, 1.807) is 13.3 Å². The first kappa shape index (κ1) is 15.1. The second kappa shape index (κ2) is 7.44. The summed E-state index contributed by atoms with van der Waals surface area (Å²) in [4.78, 5) is 4.34. The highest BCUT2D eigenvalue weighted by atomic mass is 16.5. The Bertz CT molecular complexity index is 580. The number of methoxy groups -OCH3 is 1. The minimum absolute atomic E-state index is 0.133. The van der Waals surface area contributed by atoms with Gasteiger partial charge >= 0.3 is 0 Å². The minimum atomic E-state index is 0.133. The van der Waals surface area contributed by atoms with Crippen LogP contribution in [0.4, 0.5) is 0 Å². The smallest absolute Gasteiger partial charge is 0.189 e. The molecule has 0 fully saturated rings. The number of guanidine groups is 1. The third-order valence-electron chi connectivity index (χ3n) is 2.92. The Hall–Kier alpha value is -2.34. The lowest BCUT2D eigenvalue weighted by molar-refractivity contribution is 0.179. The number of hydrogen-bond donors (Lipinski definition) is 2. The summed E-state index contributed by atoms with van der Waals surface area (Å²) >= 11 is 0. The number of hydrogen-bond acceptors (Lipinski definition) is 3. The van der Waals surface area contributed by atoms with E-state index >= 15 is 0 Å². The summed E-state index contributed by atoms with van der Waals surface area (Å²) in [5, 5.41) is 7.29. The van der Waals surface area contributed by atoms with Crippen molar-refractivity contribution >= 4 is 5.96 Å². The maximum absolute atomic E-state index is 5.85. The van der Waals surface area contributed by atoms with Gasteiger partial charge in [0.25, 0.3) is 0 Å². The van der Waals surface area contributed by atoms with Crippen LogP contribution in [0.2, 0.25) is 0 Å². The summed E-state index contributed by atoms with van der Waals surface area (Å²) in [5.41, 5.74) is 7.93. The quantitative estimate of drug-likeness (QED) is 0.620. The molecule has 0 bridgehead atoms. The molecule has 0 amide bonds. The predicted molar refractivity (Wildman–Crippen MR) is 83.4 cm³/mol. The maximum atomic E-state index is 5.85. The SMILES string of the molecule is COCC(C)NC(N)=NCc1cccc(-n2cccn2)c1. The van der Waals surface area contributed by atoms with Crippen LogP contribution < -0.4 is 11.1 Å². The van der Waals surface area contributed by atoms with E-state index < -0.39 is 0 Å². The molecule has 1 unspecified atom stereocenters. The van der Waals surface area contributed by atoms with Gasteiger partial charge in [0.05, 0.1) is 18.8 Å². The van der Waals surface area contributed by atoms with Gasteiger partial charge in [-0.1, -0.05) is 12.1 Å². The van der Waals surface area contributed by atoms with Crippen molar-refractivity contribution in [2.24, 2.45) is 10.7 Å². The lowest BCUT2D eigenvalue weighted by atomic mass is 10.2. The van der Waals surface area contributed by atoms with Crippen LogP contribution in [0.1, 0.15) is 12.5 Å². The van der Waals surface area contributed by atoms with Crippen LogP contribution in [0, 0.1) is 0 Å². The second-order valence-electron chi connectivity index (χ2n) is 4.82. The normalized spacial score (nSPS) is 13.1. The van der Waals surface area contributed by atoms with Crippen molar-refractivity contribution in [3.8, 4) is 5.69 Å². The highest BCUT2D eigenvalue weighted by molar-refractivity contribution is 5.78. The molecule has 2 aromatic rings. The Kier molecular flexibility index (Phi) is 5.34. The van der Waals surface area contributed by atoms with Crippen molar-refractivity contribution < 1.29 is 4.74 Å². The first-order valence-corrected chi connectivity index (χ1v) is 6.83. The summed E-state index contributed by atoms with van der Waals surface area (Å²) in [6.45, 7) is 3.10. The lowest BCUT2D eigenvalue weighted by Gasteiger charge is -2.13. The van der Waals surface area contributed by atoms with E-state index in [-0.39, 0.29) is 6.04 Å². The van der Waals surface area contributed by atoms with Crippen LogP contribution >= 0.6 is 0 Å². The molecule has 3 N–H and O–H groups in total. The second-order valence-corrected chi connectivity index (χ2v) is 4.82. The fraction of sp³-hybridized carbons (Fsp3) is 0.333. The molecule has 0 aliphatic heterocycles. The summed E-state index contributed by atoms with van der Waals surface area (Å²) < 4.78 is 6.86. The van der Waals surface area contributed by atoms with E-state index in [9.17, 15) is 0 Å². The first-order valence-electron chi connectivity index (χ1n) is 6.83. The topological polar surface area (TPSA) is 77.5 Å². The number of ether oxygens (including phenoxy) is 1. The number of aromatic nitrogens is 2. The minimum Gasteiger partial charge on any atom is -0.383 e. The van der Waals surface area contributed by atoms with Crippen molar-refractivity contribution in [2.45, 2.75) is 19.5 Å². The van der Waals surface area contributed by atoms with E-state index in [1.165, 1.54) is 0 Å². The number of nitrogens with two attached hydrogens (primary N) is 1. The number of nitrogens with one attached hydrogen (secondary N) is 1. The van der Waals surface area contributed by atoms with Crippen molar-refractivity contribution in [3.05, 3.63) is 48.3 Å². The summed E-state index contributed by atoms with van der Waals surface area (Å²) in [5.74, 6) is 0.420. The monoisotopic (exact) mass is 287 g/mol. The molecule has 6 heteroatoms. The van der Waals surface area contributed by atoms with Gasteiger partial charge in [0, 0.05) is 25.5 Å². The molecule has 112 valence electrons. The fourth-order valence-corrected chi connectivity index (χ4v) is 1.99. The van der Waals surface area contributed by atoms with Gasteiger partial charge in [-0.2, -0.15) is 5.10 Å². The number of nitrogens with zero attached hydrogens (tertiary/aromatic N) is 3. The van der Waals surface area contributed by atoms with Crippen LogP contribution in [0.25, 0.3) is 5.69 Å². The molecular weight excluding hydrogens is 266 g/mol. The standard InChI is InChI=1S/C15H21N5O/c1-12(11-21-2)19-15(16)17-10-13-5-3-6-14(9-13)20-8-4-7-18-20/h3-9,12H,10-11H2,1-2H3,(H3,16,17,19). The molecule has 21 heavy (non-hydrogen) atoms. The number of aliphatic imine (C=N–C) groups is 1. The molecule has 1 heterocycles. The van der Waals surface area contributed by atoms with Crippen LogP contribution in [-0.2, 0) is 11.3 Å². The van der Waals surface area contributed by atoms with E-state index in [0.29, 0.717) is 19.1 Å². The Morgan fingerprint density at radius 3 is 3.05 bits per heavy atom. The molecular formula is C15H21N5O. The van der Waals surface area contributed by atoms with Crippen molar-refractivity contribution in [2.75, 3.05) is 13.7 Å². The van der Waals surface area contributed by atoms with E-state index in [4.69, 9.17) is 10.5 Å². The Morgan fingerprint density at radius 1 is 1.48 bits per heavy atom. The van der Waals surface area contributed by atoms with Crippen molar-refractivity contribution in [1.29, 1.82) is 0 Å². The summed E-state index contributed by atoms with van der Waals surface area (Å²) in [7, 11) is 1.66. The molecule has 0 saturated carbocycles. The molecule has 2 rings (SSSR count). The zero-order chi connectivity index (χ0) is 15.1. The van der Waals surface area contributed by atoms with Gasteiger partial charge in [-0.3, -0.25) is 0 Å². The third-order valence-corrected chi connectivity index (χ3v) is 2.92. The van der Waals surface area contributed by atoms with Crippen LogP contribution in [0.5, 0.6) is 0 Å². The van der Waals surface area contributed by atoms with Gasteiger partial charge in [0.1, 0.15) is 0 Å². The van der Waals surface area contributed by atoms with Crippen LogP contribution in [-0.4, -0.2) is 35.5 Å². The summed E-state index contributed by atoms with van der Waals surface area (Å²) in [6.07, 6.45) is 3.66. The van der Waals surface area contributed by atoms with Crippen molar-refractivity contribution in [3.63, 3.8) is 0 Å². The predicted octanol–water partition coefficient (Wildman–Crippen LogP) is 1.31. The first-order chi connectivity index (χ1) is 10.2. The average molecular weight is 287 g/mol. The largest absolute Gasteiger partial charge is 0.383 e. The molecule has 1 aromatic carbocycles. The number of rotatable bonds is 6. The van der Waals surface area contributed by atoms with Gasteiger partial charge < -0.3 is 15.8 Å². The van der Waals surface area contributed by atoms with Crippen LogP contribution in [0.3, 0.4) is 0 Å². The molecule has 0 aliphatic carbocycles. The fourth-order valence-electron chi connectivity index (χ4n) is 1.99. The van der Waals surface area contributed by atoms with Gasteiger partial charge in [0.15, 0.2) is 5.96 Å². The van der Waals surface area contributed by atoms with Gasteiger partial charge in [-0.25, -0.2) is 9.67 Å². The highest BCUT2D eigenvalue weighted by Crippen LogP contribution is 2.10. The zero-order valence-electron chi connectivity index (χ0n) is 12.4. The van der Waals surface area contributed by atoms with E-state index in [0.717, 1.165) is 11.3 Å². The van der Waals surface area contributed by atoms with Gasteiger partial charge in [-0.05, 0) is 30.7 Å². The highest BCUT2D eigenvalue weighted by Gasteiger charge is 2.02. The van der Waals surface area contributed by atoms with Crippen molar-refractivity contribution in [1.82, 2.24) is 15.1 Å². The summed E-state index contributed by atoms with van der Waals surface area (Å²) in [6, 6.07) is 10.1. The Labute approximate surface area is 124 Å². The maximum Gasteiger partial charge on any atom is 0.189 e. The van der Waals surface area contributed by atoms with Crippen LogP contribution in [0.15, 0.2) is 47.7 Å². The zero-order valence-corrected chi connectivity index (χ0v) is 12.4. The lowest BCUT2D eigenvalue weighted by Crippen LogP contribution is -2.40. The third kappa shape index (κ3) is 4.61. The Morgan fingerprint density at radius 2 is 2.33 bits per heavy atom. The molecule has 0 saturated heterocycles. The van der Waals surface area contributed by atoms with E-state index in [1.807, 2.05) is 48.1 Å². The van der Waals surface area contributed by atoms with Gasteiger partial charge in [0.2, 0.25) is 0 Å². The average Bonchev–Trinajstić information content (AvgIpc) is 3.00. The molecule has 0 radical (unpaired) electrons. The Balaban J connectivity index is 1.98. The molecule has 6 nitrogen and oxygen atoms in total. The molecule has 1 atom stereocenters. The van der Waals surface area contributed by atoms with Gasteiger partial charge in [-0.15, -0.1) is 0 Å².